The minimum atomic E-state index is -1.96. The van der Waals surface area contributed by atoms with Crippen LogP contribution in [0.3, 0.4) is 0 Å². The Bertz CT molecular complexity index is 574. The maximum Gasteiger partial charge on any atom is 0.337 e. The van der Waals surface area contributed by atoms with Crippen molar-refractivity contribution in [3.63, 3.8) is 0 Å². The number of carbonyl (C=O) groups is 2. The lowest BCUT2D eigenvalue weighted by molar-refractivity contribution is -0.385. The molecule has 0 amide bonds. The Morgan fingerprint density at radius 1 is 1.56 bits per heavy atom. The van der Waals surface area contributed by atoms with Crippen molar-refractivity contribution in [1.82, 2.24) is 0 Å². The van der Waals surface area contributed by atoms with Gasteiger partial charge in [0.05, 0.1) is 10.5 Å². The molecule has 1 aromatic carbocycles. The zero-order valence-corrected chi connectivity index (χ0v) is 8.73. The molecule has 0 radical (unpaired) electrons. The van der Waals surface area contributed by atoms with Crippen molar-refractivity contribution in [3.05, 3.63) is 38.9 Å². The summed E-state index contributed by atoms with van der Waals surface area (Å²) in [4.78, 5) is 31.0. The molecule has 1 aromatic rings. The third kappa shape index (κ3) is 2.31. The first-order chi connectivity index (χ1) is 8.42. The number of hydrogen-bond acceptors (Lipinski definition) is 6. The van der Waals surface area contributed by atoms with Crippen LogP contribution in [0.15, 0.2) is 12.1 Å². The zero-order valence-electron chi connectivity index (χ0n) is 8.73. The normalized spacial score (nSPS) is 11.3. The van der Waals surface area contributed by atoms with Gasteiger partial charge in [0, 0.05) is 0 Å². The second kappa shape index (κ2) is 5.03. The Labute approximate surface area is 99.8 Å². The van der Waals surface area contributed by atoms with Crippen LogP contribution in [0.4, 0.5) is 5.69 Å². The molecule has 8 nitrogen and oxygen atoms in total. The summed E-state index contributed by atoms with van der Waals surface area (Å²) in [5.41, 5.74) is -1.94. The number of nitro benzene ring substituents is 1. The second-order valence-electron chi connectivity index (χ2n) is 3.23. The molecule has 0 aliphatic heterocycles. The zero-order chi connectivity index (χ0) is 13.9. The monoisotopic (exact) mass is 250 g/mol. The van der Waals surface area contributed by atoms with E-state index < -0.39 is 33.8 Å². The van der Waals surface area contributed by atoms with Crippen LogP contribution in [0.1, 0.15) is 27.6 Å². The Morgan fingerprint density at radius 3 is 2.56 bits per heavy atom. The van der Waals surface area contributed by atoms with E-state index in [-0.39, 0.29) is 11.8 Å². The Balaban J connectivity index is 3.55. The van der Waals surface area contributed by atoms with Gasteiger partial charge in [-0.15, -0.1) is 0 Å². The average molecular weight is 250 g/mol. The van der Waals surface area contributed by atoms with Gasteiger partial charge < -0.3 is 10.2 Å². The molecule has 0 aliphatic carbocycles. The highest BCUT2D eigenvalue weighted by Gasteiger charge is 2.25. The van der Waals surface area contributed by atoms with E-state index in [1.165, 1.54) is 6.07 Å². The maximum atomic E-state index is 10.7. The molecule has 0 heterocycles. The minimum absolute atomic E-state index is 0.122. The van der Waals surface area contributed by atoms with E-state index >= 15 is 0 Å². The summed E-state index contributed by atoms with van der Waals surface area (Å²) < 4.78 is 0. The summed E-state index contributed by atoms with van der Waals surface area (Å²) in [6.07, 6.45) is -1.84. The van der Waals surface area contributed by atoms with E-state index in [2.05, 4.69) is 0 Å². The molecule has 2 N–H and O–H groups in total. The molecule has 1 unspecified atom stereocenters. The number of nitrogens with zero attached hydrogens (tertiary/aromatic N) is 2. The number of nitriles is 1. The van der Waals surface area contributed by atoms with Crippen LogP contribution in [-0.4, -0.2) is 27.4 Å². The standard InChI is InChI=1S/C10H6N2O6/c11-3-6-1-5(9(14)10(15)16)2-7(4-13)8(6)12(17)18/h1-2,4,9,14H,(H,15,16). The summed E-state index contributed by atoms with van der Waals surface area (Å²) in [6, 6.07) is 3.21. The molecule has 1 rings (SSSR count). The van der Waals surface area contributed by atoms with Gasteiger partial charge in [0.25, 0.3) is 5.69 Å². The molecular weight excluding hydrogens is 244 g/mol. The maximum absolute atomic E-state index is 10.7. The Morgan fingerprint density at radius 2 is 2.17 bits per heavy atom. The molecule has 0 aliphatic rings. The summed E-state index contributed by atoms with van der Waals surface area (Å²) >= 11 is 0. The molecule has 0 fully saturated rings. The fraction of sp³-hybridized carbons (Fsp3) is 0.100. The summed E-state index contributed by atoms with van der Waals surface area (Å²) in [5, 5.41) is 37.3. The second-order valence-corrected chi connectivity index (χ2v) is 3.23. The highest BCUT2D eigenvalue weighted by atomic mass is 16.6. The van der Waals surface area contributed by atoms with Crippen LogP contribution in [-0.2, 0) is 4.79 Å². The number of hydrogen-bond donors (Lipinski definition) is 2. The van der Waals surface area contributed by atoms with Crippen molar-refractivity contribution >= 4 is 17.9 Å². The molecule has 0 saturated carbocycles. The lowest BCUT2D eigenvalue weighted by Gasteiger charge is -2.07. The largest absolute Gasteiger partial charge is 0.479 e. The molecule has 0 spiro atoms. The molecule has 92 valence electrons. The highest BCUT2D eigenvalue weighted by Crippen LogP contribution is 2.27. The molecule has 18 heavy (non-hydrogen) atoms. The van der Waals surface area contributed by atoms with E-state index in [4.69, 9.17) is 10.4 Å². The number of carboxylic acid groups (broad SMARTS) is 1. The summed E-state index contributed by atoms with van der Waals surface area (Å²) in [7, 11) is 0. The Kier molecular flexibility index (Phi) is 3.71. The van der Waals surface area contributed by atoms with Gasteiger partial charge in [-0.05, 0) is 17.7 Å². The molecule has 1 atom stereocenters. The number of carboxylic acids is 1. The first kappa shape index (κ1) is 13.3. The quantitative estimate of drug-likeness (QED) is 0.447. The number of nitro groups is 1. The van der Waals surface area contributed by atoms with Gasteiger partial charge in [0.2, 0.25) is 0 Å². The molecule has 0 bridgehead atoms. The summed E-state index contributed by atoms with van der Waals surface area (Å²) in [6.45, 7) is 0. The van der Waals surface area contributed by atoms with Crippen molar-refractivity contribution in [3.8, 4) is 6.07 Å². The van der Waals surface area contributed by atoms with Gasteiger partial charge >= 0.3 is 5.97 Å². The van der Waals surface area contributed by atoms with E-state index in [0.717, 1.165) is 12.1 Å². The van der Waals surface area contributed by atoms with Crippen molar-refractivity contribution in [2.45, 2.75) is 6.10 Å². The average Bonchev–Trinajstić information content (AvgIpc) is 2.35. The van der Waals surface area contributed by atoms with E-state index in [0.29, 0.717) is 0 Å². The highest BCUT2D eigenvalue weighted by molar-refractivity contribution is 5.85. The lowest BCUT2D eigenvalue weighted by atomic mass is 10.0. The fourth-order valence-corrected chi connectivity index (χ4v) is 1.36. The van der Waals surface area contributed by atoms with Crippen LogP contribution in [0, 0.1) is 21.4 Å². The van der Waals surface area contributed by atoms with E-state index in [1.54, 1.807) is 0 Å². The molecular formula is C10H6N2O6. The van der Waals surface area contributed by atoms with Crippen LogP contribution in [0.25, 0.3) is 0 Å². The number of aliphatic hydroxyl groups is 1. The number of carbonyl (C=O) groups excluding carboxylic acids is 1. The lowest BCUT2D eigenvalue weighted by Crippen LogP contribution is -2.12. The van der Waals surface area contributed by atoms with Crippen LogP contribution in [0.2, 0.25) is 0 Å². The van der Waals surface area contributed by atoms with Gasteiger partial charge in [-0.2, -0.15) is 5.26 Å². The predicted molar refractivity (Wildman–Crippen MR) is 55.8 cm³/mol. The number of rotatable bonds is 4. The van der Waals surface area contributed by atoms with Gasteiger partial charge in [-0.3, -0.25) is 14.9 Å². The van der Waals surface area contributed by atoms with Gasteiger partial charge in [0.15, 0.2) is 12.4 Å². The number of benzene rings is 1. The topological polar surface area (TPSA) is 142 Å². The molecule has 0 saturated heterocycles. The SMILES string of the molecule is N#Cc1cc(C(O)C(=O)O)cc(C=O)c1[N+](=O)[O-]. The third-order valence-corrected chi connectivity index (χ3v) is 2.14. The molecule has 0 aromatic heterocycles. The number of aliphatic hydroxyl groups excluding tert-OH is 1. The summed E-state index contributed by atoms with van der Waals surface area (Å²) in [5.74, 6) is -1.59. The van der Waals surface area contributed by atoms with Crippen molar-refractivity contribution in [1.29, 1.82) is 5.26 Å². The van der Waals surface area contributed by atoms with Crippen molar-refractivity contribution < 1.29 is 24.7 Å². The number of aldehydes is 1. The van der Waals surface area contributed by atoms with Gasteiger partial charge in [-0.1, -0.05) is 0 Å². The smallest absolute Gasteiger partial charge is 0.337 e. The first-order valence-corrected chi connectivity index (χ1v) is 4.50. The minimum Gasteiger partial charge on any atom is -0.479 e. The van der Waals surface area contributed by atoms with E-state index in [9.17, 15) is 24.8 Å². The fourth-order valence-electron chi connectivity index (χ4n) is 1.36. The van der Waals surface area contributed by atoms with E-state index in [1.807, 2.05) is 0 Å². The van der Waals surface area contributed by atoms with Crippen LogP contribution < -0.4 is 0 Å². The Hall–Kier alpha value is -2.79. The van der Waals surface area contributed by atoms with Crippen LogP contribution in [0.5, 0.6) is 0 Å². The third-order valence-electron chi connectivity index (χ3n) is 2.14. The molecule has 8 heteroatoms. The van der Waals surface area contributed by atoms with Crippen molar-refractivity contribution in [2.75, 3.05) is 0 Å². The van der Waals surface area contributed by atoms with Crippen molar-refractivity contribution in [2.24, 2.45) is 0 Å². The van der Waals surface area contributed by atoms with Gasteiger partial charge in [-0.25, -0.2) is 4.79 Å². The van der Waals surface area contributed by atoms with Crippen LogP contribution >= 0.6 is 0 Å². The first-order valence-electron chi connectivity index (χ1n) is 4.50. The van der Waals surface area contributed by atoms with Gasteiger partial charge in [0.1, 0.15) is 11.6 Å². The predicted octanol–water partition coefficient (Wildman–Crippen LogP) is 0.397. The number of aliphatic carboxylic acids is 1.